The summed E-state index contributed by atoms with van der Waals surface area (Å²) >= 11 is 1.38. The van der Waals surface area contributed by atoms with Crippen molar-refractivity contribution >= 4 is 34.2 Å². The van der Waals surface area contributed by atoms with Gasteiger partial charge in [-0.05, 0) is 45.4 Å². The Hall–Kier alpha value is -2.94. The maximum atomic E-state index is 12.3. The second-order valence-electron chi connectivity index (χ2n) is 7.74. The second-order valence-corrected chi connectivity index (χ2v) is 8.68. The van der Waals surface area contributed by atoms with Crippen LogP contribution in [0.25, 0.3) is 16.6 Å². The maximum absolute atomic E-state index is 12.3. The van der Waals surface area contributed by atoms with Gasteiger partial charge in [0, 0.05) is 30.1 Å². The largest absolute Gasteiger partial charge is 0.353 e. The molecule has 4 aromatic rings. The number of fused-ring (bicyclic) bond motifs is 3. The van der Waals surface area contributed by atoms with Gasteiger partial charge in [-0.1, -0.05) is 30.8 Å². The van der Waals surface area contributed by atoms with Gasteiger partial charge >= 0.3 is 0 Å². The summed E-state index contributed by atoms with van der Waals surface area (Å²) in [6.45, 7) is 8.80. The Morgan fingerprint density at radius 3 is 2.74 bits per heavy atom. The molecule has 0 unspecified atom stereocenters. The zero-order valence-corrected chi connectivity index (χ0v) is 19.1. The summed E-state index contributed by atoms with van der Waals surface area (Å²) in [6, 6.07) is 10.1. The van der Waals surface area contributed by atoms with Crippen molar-refractivity contribution in [1.29, 1.82) is 0 Å². The number of carbonyl (C=O) groups is 1. The minimum atomic E-state index is -0.00711. The fourth-order valence-electron chi connectivity index (χ4n) is 3.43. The highest BCUT2D eigenvalue weighted by molar-refractivity contribution is 7.99. The van der Waals surface area contributed by atoms with E-state index in [1.165, 1.54) is 11.8 Å². The van der Waals surface area contributed by atoms with Crippen molar-refractivity contribution in [1.82, 2.24) is 34.7 Å². The molecule has 31 heavy (non-hydrogen) atoms. The van der Waals surface area contributed by atoms with Crippen LogP contribution in [0.3, 0.4) is 0 Å². The standard InChI is InChI=1S/C22H27N7OS/c1-5-14(2)23-20(30)13-31-22-24-18-9-7-6-8-17(18)21-25-19(27-29(21)22)10-11-28-16(4)12-15(3)26-28/h6-9,12,14H,5,10-11,13H2,1-4H3,(H,23,30)/t14-/m1/s1. The van der Waals surface area contributed by atoms with Crippen molar-refractivity contribution in [3.05, 3.63) is 47.5 Å². The van der Waals surface area contributed by atoms with Crippen molar-refractivity contribution in [3.63, 3.8) is 0 Å². The van der Waals surface area contributed by atoms with E-state index in [-0.39, 0.29) is 17.7 Å². The Morgan fingerprint density at radius 2 is 2.00 bits per heavy atom. The number of benzene rings is 1. The van der Waals surface area contributed by atoms with E-state index in [1.807, 2.05) is 49.7 Å². The van der Waals surface area contributed by atoms with Gasteiger partial charge in [0.15, 0.2) is 16.6 Å². The third-order valence-corrected chi connectivity index (χ3v) is 6.12. The van der Waals surface area contributed by atoms with Crippen molar-refractivity contribution < 1.29 is 4.79 Å². The lowest BCUT2D eigenvalue weighted by atomic mass is 10.2. The predicted octanol–water partition coefficient (Wildman–Crippen LogP) is 3.34. The van der Waals surface area contributed by atoms with Crippen molar-refractivity contribution in [2.45, 2.75) is 58.3 Å². The van der Waals surface area contributed by atoms with Gasteiger partial charge < -0.3 is 5.32 Å². The number of amides is 1. The molecule has 9 heteroatoms. The van der Waals surface area contributed by atoms with Crippen LogP contribution >= 0.6 is 11.8 Å². The van der Waals surface area contributed by atoms with Gasteiger partial charge in [0.05, 0.1) is 17.0 Å². The van der Waals surface area contributed by atoms with E-state index in [2.05, 4.69) is 23.4 Å². The molecule has 0 radical (unpaired) electrons. The molecule has 1 aromatic carbocycles. The number of para-hydroxylation sites is 1. The molecule has 0 aliphatic rings. The second kappa shape index (κ2) is 9.05. The van der Waals surface area contributed by atoms with Gasteiger partial charge in [0.25, 0.3) is 0 Å². The molecule has 3 heterocycles. The summed E-state index contributed by atoms with van der Waals surface area (Å²) in [5, 5.41) is 13.8. The molecule has 1 amide bonds. The molecule has 0 spiro atoms. The van der Waals surface area contributed by atoms with E-state index in [9.17, 15) is 4.79 Å². The highest BCUT2D eigenvalue weighted by atomic mass is 32.2. The topological polar surface area (TPSA) is 90.0 Å². The first-order valence-electron chi connectivity index (χ1n) is 10.5. The molecule has 1 N–H and O–H groups in total. The normalized spacial score (nSPS) is 12.5. The van der Waals surface area contributed by atoms with Crippen molar-refractivity contribution in [2.75, 3.05) is 5.75 Å². The van der Waals surface area contributed by atoms with Crippen LogP contribution in [-0.2, 0) is 17.8 Å². The molecule has 3 aromatic heterocycles. The number of aromatic nitrogens is 6. The zero-order valence-electron chi connectivity index (χ0n) is 18.3. The smallest absolute Gasteiger partial charge is 0.230 e. The molecular weight excluding hydrogens is 410 g/mol. The molecule has 0 aliphatic carbocycles. The average molecular weight is 438 g/mol. The summed E-state index contributed by atoms with van der Waals surface area (Å²) in [6.07, 6.45) is 1.56. The minimum absolute atomic E-state index is 0.00711. The highest BCUT2D eigenvalue weighted by Crippen LogP contribution is 2.24. The number of aryl methyl sites for hydroxylation is 4. The fraction of sp³-hybridized carbons (Fsp3) is 0.409. The molecule has 0 saturated carbocycles. The molecule has 0 aliphatic heterocycles. The van der Waals surface area contributed by atoms with Gasteiger partial charge in [0.1, 0.15) is 0 Å². The van der Waals surface area contributed by atoms with E-state index in [4.69, 9.17) is 15.1 Å². The Morgan fingerprint density at radius 1 is 1.19 bits per heavy atom. The van der Waals surface area contributed by atoms with Crippen LogP contribution in [0.5, 0.6) is 0 Å². The molecule has 4 rings (SSSR count). The fourth-order valence-corrected chi connectivity index (χ4v) is 4.18. The number of hydrogen-bond acceptors (Lipinski definition) is 6. The summed E-state index contributed by atoms with van der Waals surface area (Å²) in [4.78, 5) is 21.8. The van der Waals surface area contributed by atoms with E-state index in [0.717, 1.165) is 40.2 Å². The minimum Gasteiger partial charge on any atom is -0.353 e. The van der Waals surface area contributed by atoms with Crippen LogP contribution in [-0.4, -0.2) is 47.1 Å². The van der Waals surface area contributed by atoms with Gasteiger partial charge in [-0.3, -0.25) is 9.48 Å². The molecule has 0 bridgehead atoms. The third-order valence-electron chi connectivity index (χ3n) is 5.20. The molecule has 0 saturated heterocycles. The van der Waals surface area contributed by atoms with E-state index in [1.54, 1.807) is 4.52 Å². The van der Waals surface area contributed by atoms with Gasteiger partial charge in [-0.25, -0.2) is 9.97 Å². The quantitative estimate of drug-likeness (QED) is 0.336. The van der Waals surface area contributed by atoms with E-state index < -0.39 is 0 Å². The first-order chi connectivity index (χ1) is 14.9. The number of thioether (sulfide) groups is 1. The number of carbonyl (C=O) groups excluding carboxylic acids is 1. The van der Waals surface area contributed by atoms with Crippen LogP contribution in [0.15, 0.2) is 35.5 Å². The summed E-state index contributed by atoms with van der Waals surface area (Å²) in [7, 11) is 0. The molecular formula is C22H27N7OS. The molecule has 8 nitrogen and oxygen atoms in total. The Bertz CT molecular complexity index is 1230. The highest BCUT2D eigenvalue weighted by Gasteiger charge is 2.16. The first kappa shape index (κ1) is 21.3. The predicted molar refractivity (Wildman–Crippen MR) is 122 cm³/mol. The van der Waals surface area contributed by atoms with Crippen molar-refractivity contribution in [2.24, 2.45) is 0 Å². The van der Waals surface area contributed by atoms with Crippen molar-refractivity contribution in [3.8, 4) is 0 Å². The first-order valence-corrected chi connectivity index (χ1v) is 11.5. The number of nitrogens with zero attached hydrogens (tertiary/aromatic N) is 6. The van der Waals surface area contributed by atoms with E-state index in [0.29, 0.717) is 18.1 Å². The zero-order chi connectivity index (χ0) is 22.0. The lowest BCUT2D eigenvalue weighted by Crippen LogP contribution is -2.33. The molecule has 162 valence electrons. The van der Waals surface area contributed by atoms with Gasteiger partial charge in [-0.15, -0.1) is 5.10 Å². The number of nitrogens with one attached hydrogen (secondary N) is 1. The van der Waals surface area contributed by atoms with Gasteiger partial charge in [0.2, 0.25) is 5.91 Å². The van der Waals surface area contributed by atoms with Crippen LogP contribution in [0.1, 0.15) is 37.5 Å². The maximum Gasteiger partial charge on any atom is 0.230 e. The van der Waals surface area contributed by atoms with Crippen LogP contribution in [0.4, 0.5) is 0 Å². The number of hydrogen-bond donors (Lipinski definition) is 1. The lowest BCUT2D eigenvalue weighted by molar-refractivity contribution is -0.119. The summed E-state index contributed by atoms with van der Waals surface area (Å²) in [5.41, 5.74) is 3.73. The third kappa shape index (κ3) is 4.71. The Balaban J connectivity index is 1.62. The van der Waals surface area contributed by atoms with E-state index >= 15 is 0 Å². The Kier molecular flexibility index (Phi) is 6.22. The molecule has 0 fully saturated rings. The van der Waals surface area contributed by atoms with Crippen LogP contribution in [0, 0.1) is 13.8 Å². The Labute approximate surface area is 185 Å². The lowest BCUT2D eigenvalue weighted by Gasteiger charge is -2.11. The van der Waals surface area contributed by atoms with Crippen LogP contribution < -0.4 is 5.32 Å². The van der Waals surface area contributed by atoms with Gasteiger partial charge in [-0.2, -0.15) is 9.61 Å². The summed E-state index contributed by atoms with van der Waals surface area (Å²) in [5.74, 6) is 1.01. The molecule has 1 atom stereocenters. The average Bonchev–Trinajstić information content (AvgIpc) is 3.32. The monoisotopic (exact) mass is 437 g/mol. The SMILES string of the molecule is CC[C@@H](C)NC(=O)CSc1nc2ccccc2c2nc(CCn3nc(C)cc3C)nn12. The van der Waals surface area contributed by atoms with Crippen LogP contribution in [0.2, 0.25) is 0 Å². The number of rotatable bonds is 8. The summed E-state index contributed by atoms with van der Waals surface area (Å²) < 4.78 is 3.74.